The molecule has 2 atom stereocenters. The number of aliphatic imine (C=N–C) groups is 1. The van der Waals surface area contributed by atoms with Crippen LogP contribution in [-0.4, -0.2) is 80.9 Å². The number of amides is 1. The SMILES string of the molecule is CC(C)(C)OC(=O)N1CCN(C(N)=NCC2CCCC2NS(C)(=O)=O)CC1.I. The summed E-state index contributed by atoms with van der Waals surface area (Å²) in [6.45, 7) is 8.32. The molecular weight excluding hydrogens is 497 g/mol. The van der Waals surface area contributed by atoms with Gasteiger partial charge in [0.05, 0.1) is 6.26 Å². The summed E-state index contributed by atoms with van der Waals surface area (Å²) in [7, 11) is -3.22. The van der Waals surface area contributed by atoms with Crippen molar-refractivity contribution in [2.75, 3.05) is 39.0 Å². The molecule has 0 aromatic carbocycles. The van der Waals surface area contributed by atoms with Crippen LogP contribution in [0.3, 0.4) is 0 Å². The van der Waals surface area contributed by atoms with E-state index in [1.165, 1.54) is 6.26 Å². The number of halogens is 1. The van der Waals surface area contributed by atoms with Crippen molar-refractivity contribution >= 4 is 46.1 Å². The normalized spacial score (nSPS) is 24.1. The van der Waals surface area contributed by atoms with Gasteiger partial charge in [0.15, 0.2) is 5.96 Å². The summed E-state index contributed by atoms with van der Waals surface area (Å²) in [6, 6.07) is -0.0689. The Balaban J connectivity index is 0.00000392. The zero-order chi connectivity index (χ0) is 20.2. The Morgan fingerprint density at radius 1 is 1.18 bits per heavy atom. The van der Waals surface area contributed by atoms with Crippen LogP contribution in [0.25, 0.3) is 0 Å². The van der Waals surface area contributed by atoms with Crippen LogP contribution in [0.2, 0.25) is 0 Å². The van der Waals surface area contributed by atoms with Crippen molar-refractivity contribution in [3.8, 4) is 0 Å². The zero-order valence-corrected chi connectivity index (χ0v) is 20.3. The lowest BCUT2D eigenvalue weighted by atomic mass is 10.1. The Hall–Kier alpha value is -0.820. The van der Waals surface area contributed by atoms with E-state index < -0.39 is 15.6 Å². The molecule has 9 nitrogen and oxygen atoms in total. The molecule has 2 unspecified atom stereocenters. The quantitative estimate of drug-likeness (QED) is 0.320. The minimum absolute atomic E-state index is 0. The first kappa shape index (κ1) is 25.2. The molecule has 2 fully saturated rings. The number of ether oxygens (including phenoxy) is 1. The molecule has 2 rings (SSSR count). The third kappa shape index (κ3) is 8.27. The van der Waals surface area contributed by atoms with Crippen LogP contribution in [-0.2, 0) is 14.8 Å². The second-order valence-electron chi connectivity index (χ2n) is 8.34. The van der Waals surface area contributed by atoms with Crippen LogP contribution in [0.5, 0.6) is 0 Å². The summed E-state index contributed by atoms with van der Waals surface area (Å²) in [5.41, 5.74) is 5.62. The molecule has 1 heterocycles. The smallest absolute Gasteiger partial charge is 0.410 e. The minimum atomic E-state index is -3.22. The van der Waals surface area contributed by atoms with E-state index in [9.17, 15) is 13.2 Å². The van der Waals surface area contributed by atoms with E-state index in [4.69, 9.17) is 10.5 Å². The molecule has 0 spiro atoms. The molecule has 2 aliphatic rings. The molecule has 11 heteroatoms. The van der Waals surface area contributed by atoms with Gasteiger partial charge in [0.2, 0.25) is 10.0 Å². The van der Waals surface area contributed by atoms with E-state index in [1.54, 1.807) is 4.90 Å². The molecule has 3 N–H and O–H groups in total. The lowest BCUT2D eigenvalue weighted by molar-refractivity contribution is 0.0186. The van der Waals surface area contributed by atoms with Crippen molar-refractivity contribution in [3.63, 3.8) is 0 Å². The predicted molar refractivity (Wildman–Crippen MR) is 120 cm³/mol. The third-order valence-corrected chi connectivity index (χ3v) is 5.50. The molecular formula is C17H34IN5O4S. The van der Waals surface area contributed by atoms with Crippen LogP contribution in [0.1, 0.15) is 40.0 Å². The fourth-order valence-corrected chi connectivity index (χ4v) is 4.30. The second-order valence-corrected chi connectivity index (χ2v) is 10.1. The highest BCUT2D eigenvalue weighted by molar-refractivity contribution is 14.0. The van der Waals surface area contributed by atoms with Crippen molar-refractivity contribution < 1.29 is 17.9 Å². The van der Waals surface area contributed by atoms with Gasteiger partial charge in [0.1, 0.15) is 5.60 Å². The first-order valence-electron chi connectivity index (χ1n) is 9.45. The number of hydrogen-bond acceptors (Lipinski definition) is 5. The van der Waals surface area contributed by atoms with Crippen molar-refractivity contribution in [2.45, 2.75) is 51.7 Å². The average Bonchev–Trinajstić information content (AvgIpc) is 2.96. The van der Waals surface area contributed by atoms with Gasteiger partial charge >= 0.3 is 6.09 Å². The number of nitrogens with one attached hydrogen (secondary N) is 1. The number of hydrogen-bond donors (Lipinski definition) is 2. The van der Waals surface area contributed by atoms with Gasteiger partial charge in [-0.25, -0.2) is 17.9 Å². The molecule has 0 aromatic heterocycles. The van der Waals surface area contributed by atoms with E-state index in [0.717, 1.165) is 19.3 Å². The van der Waals surface area contributed by atoms with Crippen molar-refractivity contribution in [1.29, 1.82) is 0 Å². The molecule has 164 valence electrons. The topological polar surface area (TPSA) is 117 Å². The van der Waals surface area contributed by atoms with E-state index >= 15 is 0 Å². The summed E-state index contributed by atoms with van der Waals surface area (Å²) in [4.78, 5) is 20.2. The van der Waals surface area contributed by atoms with Crippen LogP contribution < -0.4 is 10.5 Å². The molecule has 0 radical (unpaired) electrons. The summed E-state index contributed by atoms with van der Waals surface area (Å²) in [6.07, 6.45) is 3.64. The Morgan fingerprint density at radius 3 is 2.29 bits per heavy atom. The second kappa shape index (κ2) is 10.3. The molecule has 0 aromatic rings. The Bertz CT molecular complexity index is 657. The Morgan fingerprint density at radius 2 is 1.75 bits per heavy atom. The molecule has 1 saturated heterocycles. The molecule has 1 amide bonds. The van der Waals surface area contributed by atoms with Gasteiger partial charge in [-0.05, 0) is 39.5 Å². The maximum Gasteiger partial charge on any atom is 0.410 e. The summed E-state index contributed by atoms with van der Waals surface area (Å²) >= 11 is 0. The van der Waals surface area contributed by atoms with Gasteiger partial charge in [-0.1, -0.05) is 6.42 Å². The average molecular weight is 531 g/mol. The van der Waals surface area contributed by atoms with E-state index in [2.05, 4.69) is 9.71 Å². The number of rotatable bonds is 4. The number of nitrogens with zero attached hydrogens (tertiary/aromatic N) is 3. The first-order valence-corrected chi connectivity index (χ1v) is 11.3. The monoisotopic (exact) mass is 531 g/mol. The molecule has 1 saturated carbocycles. The van der Waals surface area contributed by atoms with Gasteiger partial charge in [0.25, 0.3) is 0 Å². The number of carbonyl (C=O) groups is 1. The lowest BCUT2D eigenvalue weighted by Gasteiger charge is -2.36. The van der Waals surface area contributed by atoms with Gasteiger partial charge in [0, 0.05) is 38.8 Å². The number of sulfonamides is 1. The Kier molecular flexibility index (Phi) is 9.26. The molecule has 1 aliphatic carbocycles. The van der Waals surface area contributed by atoms with Crippen molar-refractivity contribution in [3.05, 3.63) is 0 Å². The number of piperazine rings is 1. The van der Waals surface area contributed by atoms with Crippen molar-refractivity contribution in [2.24, 2.45) is 16.6 Å². The van der Waals surface area contributed by atoms with Crippen LogP contribution >= 0.6 is 24.0 Å². The molecule has 28 heavy (non-hydrogen) atoms. The fourth-order valence-electron chi connectivity index (χ4n) is 3.44. The summed E-state index contributed by atoms with van der Waals surface area (Å²) in [5.74, 6) is 0.616. The van der Waals surface area contributed by atoms with E-state index in [-0.39, 0.29) is 42.0 Å². The van der Waals surface area contributed by atoms with Gasteiger partial charge in [-0.2, -0.15) is 0 Å². The van der Waals surface area contributed by atoms with Crippen LogP contribution in [0.4, 0.5) is 4.79 Å². The van der Waals surface area contributed by atoms with E-state index in [0.29, 0.717) is 38.7 Å². The highest BCUT2D eigenvalue weighted by atomic mass is 127. The van der Waals surface area contributed by atoms with E-state index in [1.807, 2.05) is 25.7 Å². The minimum Gasteiger partial charge on any atom is -0.444 e. The van der Waals surface area contributed by atoms with Crippen LogP contribution in [0, 0.1) is 5.92 Å². The maximum absolute atomic E-state index is 12.1. The van der Waals surface area contributed by atoms with Gasteiger partial charge in [-0.3, -0.25) is 4.99 Å². The maximum atomic E-state index is 12.1. The highest BCUT2D eigenvalue weighted by Crippen LogP contribution is 2.26. The molecule has 0 bridgehead atoms. The third-order valence-electron chi connectivity index (χ3n) is 4.77. The predicted octanol–water partition coefficient (Wildman–Crippen LogP) is 1.19. The standard InChI is InChI=1S/C17H33N5O4S.HI/c1-17(2,3)26-16(23)22-10-8-21(9-11-22)15(18)19-12-13-6-5-7-14(13)20-27(4,24)25;/h13-14,20H,5-12H2,1-4H3,(H2,18,19);1H. The lowest BCUT2D eigenvalue weighted by Crippen LogP contribution is -2.53. The molecule has 1 aliphatic heterocycles. The van der Waals surface area contributed by atoms with Crippen LogP contribution in [0.15, 0.2) is 4.99 Å². The fraction of sp³-hybridized carbons (Fsp3) is 0.882. The van der Waals surface area contributed by atoms with Crippen molar-refractivity contribution in [1.82, 2.24) is 14.5 Å². The zero-order valence-electron chi connectivity index (χ0n) is 17.2. The number of carbonyl (C=O) groups excluding carboxylic acids is 1. The Labute approximate surface area is 185 Å². The first-order chi connectivity index (χ1) is 12.4. The highest BCUT2D eigenvalue weighted by Gasteiger charge is 2.30. The summed E-state index contributed by atoms with van der Waals surface area (Å²) < 4.78 is 31.0. The largest absolute Gasteiger partial charge is 0.444 e. The summed E-state index contributed by atoms with van der Waals surface area (Å²) in [5, 5.41) is 0. The number of nitrogens with two attached hydrogens (primary N) is 1. The van der Waals surface area contributed by atoms with Gasteiger partial charge in [-0.15, -0.1) is 24.0 Å². The van der Waals surface area contributed by atoms with Gasteiger partial charge < -0.3 is 20.3 Å². The number of guanidine groups is 1.